The normalized spacial score (nSPS) is 24.0. The van der Waals surface area contributed by atoms with Crippen molar-refractivity contribution in [2.75, 3.05) is 4.90 Å². The fourth-order valence-corrected chi connectivity index (χ4v) is 2.55. The fourth-order valence-electron chi connectivity index (χ4n) is 2.55. The first-order valence-electron chi connectivity index (χ1n) is 7.26. The lowest BCUT2D eigenvalue weighted by atomic mass is 9.94. The number of halogens is 1. The molecule has 0 spiro atoms. The second-order valence-electron chi connectivity index (χ2n) is 5.71. The molecule has 1 saturated heterocycles. The van der Waals surface area contributed by atoms with Gasteiger partial charge >= 0.3 is 0 Å². The summed E-state index contributed by atoms with van der Waals surface area (Å²) in [7, 11) is 0. The number of carbonyl (C=O) groups is 2. The van der Waals surface area contributed by atoms with Crippen molar-refractivity contribution in [3.63, 3.8) is 0 Å². The summed E-state index contributed by atoms with van der Waals surface area (Å²) < 4.78 is 14.1. The van der Waals surface area contributed by atoms with Crippen LogP contribution in [0, 0.1) is 18.7 Å². The van der Waals surface area contributed by atoms with Gasteiger partial charge in [0.15, 0.2) is 0 Å². The number of piperazine rings is 1. The number of anilines is 1. The minimum absolute atomic E-state index is 0.00400. The van der Waals surface area contributed by atoms with Gasteiger partial charge in [0.05, 0.1) is 5.69 Å². The number of nitrogens with one attached hydrogen (secondary N) is 1. The Morgan fingerprint density at radius 2 is 2.05 bits per heavy atom. The molecule has 1 aliphatic rings. The highest BCUT2D eigenvalue weighted by molar-refractivity contribution is 6.08. The molecule has 2 amide bonds. The lowest BCUT2D eigenvalue weighted by Gasteiger charge is -2.39. The summed E-state index contributed by atoms with van der Waals surface area (Å²) in [6.07, 6.45) is 0.759. The van der Waals surface area contributed by atoms with Gasteiger partial charge in [-0.2, -0.15) is 0 Å². The average molecular weight is 292 g/mol. The van der Waals surface area contributed by atoms with Crippen molar-refractivity contribution in [2.24, 2.45) is 5.92 Å². The van der Waals surface area contributed by atoms with Crippen molar-refractivity contribution >= 4 is 17.5 Å². The van der Waals surface area contributed by atoms with Crippen LogP contribution in [0.3, 0.4) is 0 Å². The molecular weight excluding hydrogens is 271 g/mol. The number of nitrogens with zero attached hydrogens (tertiary/aromatic N) is 1. The predicted molar refractivity (Wildman–Crippen MR) is 79.5 cm³/mol. The van der Waals surface area contributed by atoms with Crippen LogP contribution in [0.2, 0.25) is 0 Å². The van der Waals surface area contributed by atoms with E-state index in [0.717, 1.165) is 12.0 Å². The number of rotatable bonds is 3. The third-order valence-corrected chi connectivity index (χ3v) is 4.14. The highest BCUT2D eigenvalue weighted by Gasteiger charge is 2.41. The zero-order valence-electron chi connectivity index (χ0n) is 12.8. The van der Waals surface area contributed by atoms with Crippen LogP contribution in [-0.2, 0) is 9.59 Å². The average Bonchev–Trinajstić information content (AvgIpc) is 2.46. The molecule has 0 saturated carbocycles. The summed E-state index contributed by atoms with van der Waals surface area (Å²) in [5, 5.41) is 2.75. The zero-order valence-corrected chi connectivity index (χ0v) is 12.8. The first-order valence-corrected chi connectivity index (χ1v) is 7.26. The molecule has 0 radical (unpaired) electrons. The standard InChI is InChI=1S/C16H21FN2O2/c1-5-10(3)14-16(21)19(11(4)15(20)18-14)13-8-9(2)6-7-12(13)17/h6-8,10-11,14H,5H2,1-4H3,(H,18,20). The van der Waals surface area contributed by atoms with Crippen LogP contribution >= 0.6 is 0 Å². The predicted octanol–water partition coefficient (Wildman–Crippen LogP) is 2.40. The molecule has 3 unspecified atom stereocenters. The molecule has 114 valence electrons. The van der Waals surface area contributed by atoms with E-state index in [1.807, 2.05) is 20.8 Å². The van der Waals surface area contributed by atoms with E-state index in [1.165, 1.54) is 11.0 Å². The van der Waals surface area contributed by atoms with Crippen molar-refractivity contribution in [3.8, 4) is 0 Å². The number of aryl methyl sites for hydroxylation is 1. The third kappa shape index (κ3) is 2.77. The lowest BCUT2D eigenvalue weighted by molar-refractivity contribution is -0.134. The summed E-state index contributed by atoms with van der Waals surface area (Å²) in [6.45, 7) is 7.30. The molecule has 4 nitrogen and oxygen atoms in total. The molecular formula is C16H21FN2O2. The van der Waals surface area contributed by atoms with Crippen LogP contribution in [0.15, 0.2) is 18.2 Å². The molecule has 0 aliphatic carbocycles. The number of hydrogen-bond donors (Lipinski definition) is 1. The number of benzene rings is 1. The van der Waals surface area contributed by atoms with Gasteiger partial charge in [0.1, 0.15) is 17.9 Å². The van der Waals surface area contributed by atoms with E-state index in [-0.39, 0.29) is 23.4 Å². The van der Waals surface area contributed by atoms with E-state index in [2.05, 4.69) is 5.32 Å². The zero-order chi connectivity index (χ0) is 15.7. The van der Waals surface area contributed by atoms with E-state index in [1.54, 1.807) is 19.1 Å². The second kappa shape index (κ2) is 5.84. The molecule has 1 aromatic carbocycles. The Balaban J connectivity index is 2.46. The van der Waals surface area contributed by atoms with Crippen LogP contribution in [0.25, 0.3) is 0 Å². The molecule has 1 heterocycles. The van der Waals surface area contributed by atoms with Gasteiger partial charge in [-0.05, 0) is 37.5 Å². The van der Waals surface area contributed by atoms with Crippen LogP contribution in [-0.4, -0.2) is 23.9 Å². The third-order valence-electron chi connectivity index (χ3n) is 4.14. The largest absolute Gasteiger partial charge is 0.342 e. The van der Waals surface area contributed by atoms with Gasteiger partial charge in [0.2, 0.25) is 5.91 Å². The van der Waals surface area contributed by atoms with Gasteiger partial charge < -0.3 is 5.32 Å². The van der Waals surface area contributed by atoms with Crippen molar-refractivity contribution in [1.29, 1.82) is 0 Å². The van der Waals surface area contributed by atoms with E-state index < -0.39 is 17.9 Å². The van der Waals surface area contributed by atoms with Crippen molar-refractivity contribution in [1.82, 2.24) is 5.32 Å². The minimum Gasteiger partial charge on any atom is -0.342 e. The Hall–Kier alpha value is -1.91. The SMILES string of the molecule is CCC(C)C1NC(=O)C(C)N(c2cc(C)ccc2F)C1=O. The summed E-state index contributed by atoms with van der Waals surface area (Å²) in [5.74, 6) is -0.982. The van der Waals surface area contributed by atoms with Gasteiger partial charge in [-0.15, -0.1) is 0 Å². The summed E-state index contributed by atoms with van der Waals surface area (Å²) in [5.41, 5.74) is 1.02. The topological polar surface area (TPSA) is 49.4 Å². The van der Waals surface area contributed by atoms with Gasteiger partial charge in [-0.1, -0.05) is 26.3 Å². The first kappa shape index (κ1) is 15.5. The molecule has 1 N–H and O–H groups in total. The maximum absolute atomic E-state index is 14.1. The Labute approximate surface area is 124 Å². The molecule has 0 bridgehead atoms. The smallest absolute Gasteiger partial charge is 0.250 e. The number of carbonyl (C=O) groups excluding carboxylic acids is 2. The van der Waals surface area contributed by atoms with E-state index in [9.17, 15) is 14.0 Å². The van der Waals surface area contributed by atoms with Crippen molar-refractivity contribution in [2.45, 2.75) is 46.2 Å². The van der Waals surface area contributed by atoms with Gasteiger partial charge in [-0.3, -0.25) is 14.5 Å². The Morgan fingerprint density at radius 1 is 1.38 bits per heavy atom. The molecule has 3 atom stereocenters. The first-order chi connectivity index (χ1) is 9.86. The Bertz CT molecular complexity index is 573. The lowest BCUT2D eigenvalue weighted by Crippen LogP contribution is -2.64. The van der Waals surface area contributed by atoms with Crippen LogP contribution in [0.4, 0.5) is 10.1 Å². The summed E-state index contributed by atoms with van der Waals surface area (Å²) >= 11 is 0. The van der Waals surface area contributed by atoms with E-state index in [0.29, 0.717) is 0 Å². The highest BCUT2D eigenvalue weighted by Crippen LogP contribution is 2.27. The van der Waals surface area contributed by atoms with Crippen molar-refractivity contribution < 1.29 is 14.0 Å². The monoisotopic (exact) mass is 292 g/mol. The van der Waals surface area contributed by atoms with Crippen molar-refractivity contribution in [3.05, 3.63) is 29.6 Å². The van der Waals surface area contributed by atoms with Gasteiger partial charge in [0.25, 0.3) is 5.91 Å². The summed E-state index contributed by atoms with van der Waals surface area (Å²) in [4.78, 5) is 26.1. The van der Waals surface area contributed by atoms with Crippen LogP contribution < -0.4 is 10.2 Å². The van der Waals surface area contributed by atoms with Gasteiger partial charge in [0, 0.05) is 0 Å². The fraction of sp³-hybridized carbons (Fsp3) is 0.500. The molecule has 2 rings (SSSR count). The molecule has 21 heavy (non-hydrogen) atoms. The van der Waals surface area contributed by atoms with Crippen LogP contribution in [0.5, 0.6) is 0 Å². The molecule has 1 aliphatic heterocycles. The Kier molecular flexibility index (Phi) is 4.30. The number of hydrogen-bond acceptors (Lipinski definition) is 2. The molecule has 5 heteroatoms. The minimum atomic E-state index is -0.714. The molecule has 1 aromatic rings. The van der Waals surface area contributed by atoms with E-state index in [4.69, 9.17) is 0 Å². The van der Waals surface area contributed by atoms with Gasteiger partial charge in [-0.25, -0.2) is 4.39 Å². The molecule has 0 aromatic heterocycles. The van der Waals surface area contributed by atoms with E-state index >= 15 is 0 Å². The molecule has 1 fully saturated rings. The number of amides is 2. The summed E-state index contributed by atoms with van der Waals surface area (Å²) in [6, 6.07) is 3.27. The van der Waals surface area contributed by atoms with Crippen LogP contribution in [0.1, 0.15) is 32.8 Å². The Morgan fingerprint density at radius 3 is 2.67 bits per heavy atom. The second-order valence-corrected chi connectivity index (χ2v) is 5.71. The quantitative estimate of drug-likeness (QED) is 0.930. The maximum atomic E-state index is 14.1. The highest BCUT2D eigenvalue weighted by atomic mass is 19.1. The maximum Gasteiger partial charge on any atom is 0.250 e.